The minimum Gasteiger partial charge on any atom is -0.258 e. The molecule has 0 saturated carbocycles. The maximum absolute atomic E-state index is 3.52. The van der Waals surface area contributed by atoms with E-state index in [1.54, 1.807) is 0 Å². The van der Waals surface area contributed by atoms with Crippen molar-refractivity contribution in [1.82, 2.24) is 41.7 Å². The maximum Gasteiger partial charge on any atom is 0.0536 e. The second-order valence-electron chi connectivity index (χ2n) is 7.68. The highest BCUT2D eigenvalue weighted by Gasteiger charge is 2.55. The molecule has 8 nitrogen and oxygen atoms in total. The Kier molecular flexibility index (Phi) is 7.82. The van der Waals surface area contributed by atoms with Crippen molar-refractivity contribution in [3.8, 4) is 0 Å². The predicted molar refractivity (Wildman–Crippen MR) is 108 cm³/mol. The molecule has 2 atom stereocenters. The first-order chi connectivity index (χ1) is 12.5. The van der Waals surface area contributed by atoms with Gasteiger partial charge in [0.25, 0.3) is 0 Å². The molecule has 0 amide bonds. The largest absolute Gasteiger partial charge is 0.258 e. The number of hydrogen-bond donors (Lipinski definition) is 4. The normalized spacial score (nSPS) is 34.3. The summed E-state index contributed by atoms with van der Waals surface area (Å²) in [4.78, 5) is 0. The molecule has 154 valence electrons. The molecule has 0 aromatic heterocycles. The number of hydrogen-bond acceptors (Lipinski definition) is 8. The van der Waals surface area contributed by atoms with Crippen LogP contribution in [0.2, 0.25) is 0 Å². The van der Waals surface area contributed by atoms with E-state index in [-0.39, 0.29) is 11.1 Å². The molecule has 26 heavy (non-hydrogen) atoms. The van der Waals surface area contributed by atoms with Crippen molar-refractivity contribution in [2.75, 3.05) is 67.5 Å². The van der Waals surface area contributed by atoms with Crippen LogP contribution in [0, 0.1) is 5.92 Å². The fraction of sp³-hybridized carbons (Fsp3) is 1.00. The van der Waals surface area contributed by atoms with Crippen LogP contribution >= 0.6 is 0 Å². The zero-order valence-electron chi connectivity index (χ0n) is 18.0. The molecule has 2 heterocycles. The van der Waals surface area contributed by atoms with Crippen LogP contribution in [0.15, 0.2) is 0 Å². The molecule has 8 heteroatoms. The lowest BCUT2D eigenvalue weighted by Gasteiger charge is -2.61. The molecular formula is C18H42N8. The third-order valence-electron chi connectivity index (χ3n) is 7.20. The van der Waals surface area contributed by atoms with Crippen molar-refractivity contribution < 1.29 is 0 Å². The summed E-state index contributed by atoms with van der Waals surface area (Å²) in [7, 11) is 8.22. The smallest absolute Gasteiger partial charge is 0.0536 e. The molecule has 2 unspecified atom stereocenters. The molecular weight excluding hydrogens is 328 g/mol. The summed E-state index contributed by atoms with van der Waals surface area (Å²) in [6.07, 6.45) is 2.21. The van der Waals surface area contributed by atoms with Crippen LogP contribution in [-0.2, 0) is 0 Å². The van der Waals surface area contributed by atoms with Gasteiger partial charge in [-0.05, 0) is 47.0 Å². The topological polar surface area (TPSA) is 61.1 Å². The highest BCUT2D eigenvalue weighted by Crippen LogP contribution is 2.42. The van der Waals surface area contributed by atoms with Gasteiger partial charge >= 0.3 is 0 Å². The summed E-state index contributed by atoms with van der Waals surface area (Å²) >= 11 is 0. The summed E-state index contributed by atoms with van der Waals surface area (Å²) in [5, 5.41) is 9.74. The molecule has 0 aromatic carbocycles. The molecule has 2 saturated heterocycles. The molecule has 2 rings (SSSR count). The fourth-order valence-electron chi connectivity index (χ4n) is 5.39. The monoisotopic (exact) mass is 370 g/mol. The summed E-state index contributed by atoms with van der Waals surface area (Å²) in [5.74, 6) is 0.456. The third kappa shape index (κ3) is 3.66. The zero-order valence-corrected chi connectivity index (χ0v) is 18.0. The minimum atomic E-state index is 0.0534. The molecule has 0 bridgehead atoms. The highest BCUT2D eigenvalue weighted by atomic mass is 15.6. The van der Waals surface area contributed by atoms with Gasteiger partial charge in [0.15, 0.2) is 0 Å². The molecule has 0 radical (unpaired) electrons. The number of rotatable bonds is 8. The van der Waals surface area contributed by atoms with E-state index >= 15 is 0 Å². The Hall–Kier alpha value is -0.320. The number of piperazine rings is 2. The Morgan fingerprint density at radius 3 is 1.35 bits per heavy atom. The van der Waals surface area contributed by atoms with Gasteiger partial charge in [-0.15, -0.1) is 0 Å². The van der Waals surface area contributed by atoms with Crippen molar-refractivity contribution in [3.05, 3.63) is 0 Å². The fourth-order valence-corrected chi connectivity index (χ4v) is 5.39. The quantitative estimate of drug-likeness (QED) is 0.464. The Morgan fingerprint density at radius 1 is 0.692 bits per heavy atom. The Labute approximate surface area is 160 Å². The van der Waals surface area contributed by atoms with E-state index in [1.807, 2.05) is 14.1 Å². The summed E-state index contributed by atoms with van der Waals surface area (Å²) in [5.41, 5.74) is 13.9. The van der Waals surface area contributed by atoms with Crippen LogP contribution < -0.4 is 21.7 Å². The van der Waals surface area contributed by atoms with Crippen LogP contribution in [0.5, 0.6) is 0 Å². The van der Waals surface area contributed by atoms with Gasteiger partial charge in [0.2, 0.25) is 0 Å². The lowest BCUT2D eigenvalue weighted by atomic mass is 9.67. The second-order valence-corrected chi connectivity index (χ2v) is 7.68. The van der Waals surface area contributed by atoms with E-state index in [0.29, 0.717) is 5.92 Å². The second kappa shape index (κ2) is 9.25. The summed E-state index contributed by atoms with van der Waals surface area (Å²) in [6, 6.07) is 0. The summed E-state index contributed by atoms with van der Waals surface area (Å²) in [6.45, 7) is 13.3. The van der Waals surface area contributed by atoms with Crippen molar-refractivity contribution in [2.45, 2.75) is 44.7 Å². The average Bonchev–Trinajstić information content (AvgIpc) is 2.71. The third-order valence-corrected chi connectivity index (χ3v) is 7.20. The lowest BCUT2D eigenvalue weighted by Crippen LogP contribution is -2.78. The van der Waals surface area contributed by atoms with Gasteiger partial charge in [0, 0.05) is 39.3 Å². The standard InChI is InChI=1S/C18H42N8/c1-8-17(14-23(19-4)10-12-25(17)21-6)16(3)18(9-2)15-24(20-5)11-13-26(18)22-7/h16,19-22H,8-15H2,1-7H3. The van der Waals surface area contributed by atoms with E-state index in [2.05, 4.69) is 76.6 Å². The van der Waals surface area contributed by atoms with Crippen LogP contribution in [0.3, 0.4) is 0 Å². The molecule has 0 aliphatic carbocycles. The molecule has 2 fully saturated rings. The minimum absolute atomic E-state index is 0.0534. The van der Waals surface area contributed by atoms with Gasteiger partial charge in [0.1, 0.15) is 0 Å². The number of nitrogens with zero attached hydrogens (tertiary/aromatic N) is 4. The first-order valence-corrected chi connectivity index (χ1v) is 10.2. The van der Waals surface area contributed by atoms with Gasteiger partial charge < -0.3 is 0 Å². The first-order valence-electron chi connectivity index (χ1n) is 10.2. The van der Waals surface area contributed by atoms with Gasteiger partial charge in [-0.1, -0.05) is 20.8 Å². The number of hydrazine groups is 4. The molecule has 2 aliphatic heterocycles. The van der Waals surface area contributed by atoms with Gasteiger partial charge in [0.05, 0.1) is 11.1 Å². The van der Waals surface area contributed by atoms with Crippen LogP contribution in [0.1, 0.15) is 33.6 Å². The van der Waals surface area contributed by atoms with E-state index in [0.717, 1.165) is 52.1 Å². The van der Waals surface area contributed by atoms with Crippen LogP contribution in [0.4, 0.5) is 0 Å². The van der Waals surface area contributed by atoms with Crippen molar-refractivity contribution >= 4 is 0 Å². The number of nitrogens with one attached hydrogen (secondary N) is 4. The van der Waals surface area contributed by atoms with E-state index in [1.165, 1.54) is 0 Å². The Balaban J connectivity index is 2.45. The highest BCUT2D eigenvalue weighted by molar-refractivity contribution is 5.10. The summed E-state index contributed by atoms with van der Waals surface area (Å²) < 4.78 is 0. The van der Waals surface area contributed by atoms with Crippen LogP contribution in [-0.4, -0.2) is 98.6 Å². The zero-order chi connectivity index (χ0) is 19.4. The first kappa shape index (κ1) is 22.0. The molecule has 2 aliphatic rings. The maximum atomic E-state index is 3.52. The van der Waals surface area contributed by atoms with E-state index in [4.69, 9.17) is 0 Å². The molecule has 4 N–H and O–H groups in total. The Morgan fingerprint density at radius 2 is 1.08 bits per heavy atom. The van der Waals surface area contributed by atoms with Gasteiger partial charge in [-0.3, -0.25) is 21.7 Å². The predicted octanol–water partition coefficient (Wildman–Crippen LogP) is -0.307. The van der Waals surface area contributed by atoms with E-state index < -0.39 is 0 Å². The van der Waals surface area contributed by atoms with E-state index in [9.17, 15) is 0 Å². The van der Waals surface area contributed by atoms with Gasteiger partial charge in [-0.2, -0.15) is 0 Å². The lowest BCUT2D eigenvalue weighted by molar-refractivity contribution is -0.154. The average molecular weight is 371 g/mol. The van der Waals surface area contributed by atoms with Gasteiger partial charge in [-0.25, -0.2) is 20.0 Å². The van der Waals surface area contributed by atoms with Crippen molar-refractivity contribution in [3.63, 3.8) is 0 Å². The molecule has 0 spiro atoms. The SMILES string of the molecule is CCC1(C(C)C2(CC)CN(NC)CCN2NC)CN(NC)CCN1NC. The van der Waals surface area contributed by atoms with Crippen molar-refractivity contribution in [2.24, 2.45) is 5.92 Å². The van der Waals surface area contributed by atoms with Crippen molar-refractivity contribution in [1.29, 1.82) is 0 Å². The Bertz CT molecular complexity index is 397. The molecule has 0 aromatic rings. The van der Waals surface area contributed by atoms with Crippen LogP contribution in [0.25, 0.3) is 0 Å².